The first kappa shape index (κ1) is 13.4. The molecule has 0 radical (unpaired) electrons. The Balaban J connectivity index is 2.10. The number of carbonyl (C=O) groups is 1. The van der Waals surface area contributed by atoms with E-state index in [0.717, 1.165) is 19.4 Å². The summed E-state index contributed by atoms with van der Waals surface area (Å²) < 4.78 is 0. The highest BCUT2D eigenvalue weighted by molar-refractivity contribution is 6.08. The highest BCUT2D eigenvalue weighted by Crippen LogP contribution is 2.19. The van der Waals surface area contributed by atoms with Crippen LogP contribution in [0.2, 0.25) is 0 Å². The van der Waals surface area contributed by atoms with Crippen molar-refractivity contribution >= 4 is 17.2 Å². The van der Waals surface area contributed by atoms with Crippen LogP contribution in [0.4, 0.5) is 11.4 Å². The number of likely N-dealkylation sites (tertiary alicyclic amines) is 1. The van der Waals surface area contributed by atoms with E-state index >= 15 is 0 Å². The Morgan fingerprint density at radius 3 is 3.00 bits per heavy atom. The lowest BCUT2D eigenvalue weighted by Gasteiger charge is -2.20. The van der Waals surface area contributed by atoms with Crippen molar-refractivity contribution in [3.8, 4) is 0 Å². The van der Waals surface area contributed by atoms with Crippen molar-refractivity contribution in [1.29, 1.82) is 0 Å². The number of ketones is 1. The van der Waals surface area contributed by atoms with Gasteiger partial charge < -0.3 is 21.5 Å². The van der Waals surface area contributed by atoms with Crippen LogP contribution in [-0.4, -0.2) is 35.0 Å². The van der Waals surface area contributed by atoms with Crippen LogP contribution in [0, 0.1) is 0 Å². The number of nitrogens with zero attached hydrogens (tertiary/aromatic N) is 1. The molecular weight excluding hydrogens is 242 g/mol. The highest BCUT2D eigenvalue weighted by atomic mass is 16.3. The Labute approximate surface area is 112 Å². The Hall–Kier alpha value is -2.01. The predicted molar refractivity (Wildman–Crippen MR) is 75.6 cm³/mol. The number of aliphatic hydroxyl groups excluding tert-OH is 1. The Morgan fingerprint density at radius 1 is 1.47 bits per heavy atom. The Kier molecular flexibility index (Phi) is 4.06. The summed E-state index contributed by atoms with van der Waals surface area (Å²) in [7, 11) is 0. The van der Waals surface area contributed by atoms with Gasteiger partial charge in [-0.1, -0.05) is 0 Å². The normalized spacial score (nSPS) is 19.2. The third-order valence-corrected chi connectivity index (χ3v) is 3.39. The lowest BCUT2D eigenvalue weighted by Crippen LogP contribution is -2.27. The number of nitrogen functional groups attached to an aromatic ring is 2. The summed E-state index contributed by atoms with van der Waals surface area (Å²) in [5.41, 5.74) is 12.8. The molecular formula is C14H19N3O2. The summed E-state index contributed by atoms with van der Waals surface area (Å²) >= 11 is 0. The number of carbonyl (C=O) groups excluding carboxylic acids is 1. The first-order chi connectivity index (χ1) is 9.11. The number of benzene rings is 1. The molecule has 5 heteroatoms. The summed E-state index contributed by atoms with van der Waals surface area (Å²) in [6.45, 7) is 0.973. The molecule has 1 atom stereocenters. The minimum atomic E-state index is -0.173. The van der Waals surface area contributed by atoms with Crippen molar-refractivity contribution in [2.45, 2.75) is 18.9 Å². The molecule has 1 heterocycles. The number of anilines is 2. The van der Waals surface area contributed by atoms with Crippen molar-refractivity contribution in [2.75, 3.05) is 24.6 Å². The number of rotatable bonds is 4. The average molecular weight is 261 g/mol. The van der Waals surface area contributed by atoms with Gasteiger partial charge in [-0.25, -0.2) is 0 Å². The molecule has 1 aromatic carbocycles. The molecule has 1 aliphatic heterocycles. The second-order valence-corrected chi connectivity index (χ2v) is 4.74. The number of hydrogen-bond donors (Lipinski definition) is 3. The largest absolute Gasteiger partial charge is 0.399 e. The first-order valence-corrected chi connectivity index (χ1v) is 6.36. The van der Waals surface area contributed by atoms with E-state index in [1.54, 1.807) is 24.4 Å². The molecule has 0 bridgehead atoms. The summed E-state index contributed by atoms with van der Waals surface area (Å²) in [4.78, 5) is 14.0. The molecule has 1 aliphatic rings. The van der Waals surface area contributed by atoms with Crippen LogP contribution in [-0.2, 0) is 0 Å². The molecule has 0 amide bonds. The second kappa shape index (κ2) is 5.75. The van der Waals surface area contributed by atoms with Crippen molar-refractivity contribution in [1.82, 2.24) is 4.90 Å². The Morgan fingerprint density at radius 2 is 2.26 bits per heavy atom. The molecule has 1 saturated heterocycles. The summed E-state index contributed by atoms with van der Waals surface area (Å²) in [5.74, 6) is -0.173. The highest BCUT2D eigenvalue weighted by Gasteiger charge is 2.20. The zero-order valence-corrected chi connectivity index (χ0v) is 10.7. The van der Waals surface area contributed by atoms with Crippen LogP contribution in [0.5, 0.6) is 0 Å². The predicted octanol–water partition coefficient (Wildman–Crippen LogP) is 1.00. The molecule has 0 saturated carbocycles. The van der Waals surface area contributed by atoms with Gasteiger partial charge in [-0.05, 0) is 31.0 Å². The quantitative estimate of drug-likeness (QED) is 0.427. The van der Waals surface area contributed by atoms with E-state index in [-0.39, 0.29) is 18.4 Å². The van der Waals surface area contributed by atoms with E-state index < -0.39 is 0 Å². The van der Waals surface area contributed by atoms with Crippen LogP contribution in [0.3, 0.4) is 0 Å². The average Bonchev–Trinajstić information content (AvgIpc) is 2.86. The summed E-state index contributed by atoms with van der Waals surface area (Å²) in [6.07, 6.45) is 5.21. The molecule has 0 spiro atoms. The third-order valence-electron chi connectivity index (χ3n) is 3.39. The molecule has 1 aromatic rings. The number of nitrogens with two attached hydrogens (primary N) is 2. The molecule has 0 aliphatic carbocycles. The van der Waals surface area contributed by atoms with Gasteiger partial charge in [-0.2, -0.15) is 0 Å². The maximum absolute atomic E-state index is 12.1. The summed E-state index contributed by atoms with van der Waals surface area (Å²) in [6, 6.07) is 4.98. The Bertz CT molecular complexity index is 499. The minimum absolute atomic E-state index is 0.110. The van der Waals surface area contributed by atoms with Gasteiger partial charge in [0.15, 0.2) is 5.78 Å². The van der Waals surface area contributed by atoms with Gasteiger partial charge in [-0.3, -0.25) is 4.79 Å². The maximum atomic E-state index is 12.1. The van der Waals surface area contributed by atoms with Crippen molar-refractivity contribution in [2.24, 2.45) is 0 Å². The number of aliphatic hydroxyl groups is 1. The molecule has 1 unspecified atom stereocenters. The van der Waals surface area contributed by atoms with Crippen molar-refractivity contribution in [3.63, 3.8) is 0 Å². The molecule has 1 fully saturated rings. The molecule has 102 valence electrons. The van der Waals surface area contributed by atoms with Gasteiger partial charge in [0.2, 0.25) is 0 Å². The van der Waals surface area contributed by atoms with E-state index in [2.05, 4.69) is 0 Å². The SMILES string of the molecule is Nc1ccc(N)c(C(=O)C=CN2CCCC2CO)c1. The maximum Gasteiger partial charge on any atom is 0.189 e. The zero-order chi connectivity index (χ0) is 13.8. The smallest absolute Gasteiger partial charge is 0.189 e. The fourth-order valence-electron chi connectivity index (χ4n) is 2.29. The topological polar surface area (TPSA) is 92.6 Å². The van der Waals surface area contributed by atoms with Gasteiger partial charge in [0.1, 0.15) is 0 Å². The van der Waals surface area contributed by atoms with E-state index in [0.29, 0.717) is 16.9 Å². The van der Waals surface area contributed by atoms with Crippen LogP contribution >= 0.6 is 0 Å². The molecule has 0 aromatic heterocycles. The van der Waals surface area contributed by atoms with E-state index in [4.69, 9.17) is 11.5 Å². The van der Waals surface area contributed by atoms with Gasteiger partial charge in [0.05, 0.1) is 12.6 Å². The number of allylic oxidation sites excluding steroid dienone is 1. The standard InChI is InChI=1S/C14H19N3O2/c15-10-3-4-13(16)12(8-10)14(19)5-7-17-6-1-2-11(17)9-18/h3-5,7-8,11,18H,1-2,6,9,15-16H2. The lowest BCUT2D eigenvalue weighted by atomic mass is 10.1. The van der Waals surface area contributed by atoms with E-state index in [9.17, 15) is 9.90 Å². The monoisotopic (exact) mass is 261 g/mol. The number of hydrogen-bond acceptors (Lipinski definition) is 5. The lowest BCUT2D eigenvalue weighted by molar-refractivity contribution is 0.104. The summed E-state index contributed by atoms with van der Waals surface area (Å²) in [5, 5.41) is 9.20. The third kappa shape index (κ3) is 3.06. The minimum Gasteiger partial charge on any atom is -0.399 e. The van der Waals surface area contributed by atoms with Crippen molar-refractivity contribution in [3.05, 3.63) is 36.0 Å². The molecule has 5 N–H and O–H groups in total. The van der Waals surface area contributed by atoms with Gasteiger partial charge in [0, 0.05) is 35.8 Å². The molecule has 2 rings (SSSR count). The van der Waals surface area contributed by atoms with Crippen LogP contribution in [0.15, 0.2) is 30.5 Å². The van der Waals surface area contributed by atoms with Crippen LogP contribution < -0.4 is 11.5 Å². The van der Waals surface area contributed by atoms with Gasteiger partial charge in [0.25, 0.3) is 0 Å². The molecule has 5 nitrogen and oxygen atoms in total. The van der Waals surface area contributed by atoms with Crippen LogP contribution in [0.1, 0.15) is 23.2 Å². The second-order valence-electron chi connectivity index (χ2n) is 4.74. The van der Waals surface area contributed by atoms with Crippen molar-refractivity contribution < 1.29 is 9.90 Å². The van der Waals surface area contributed by atoms with Gasteiger partial charge in [-0.15, -0.1) is 0 Å². The zero-order valence-electron chi connectivity index (χ0n) is 10.7. The van der Waals surface area contributed by atoms with E-state index in [1.165, 1.54) is 6.08 Å². The fraction of sp³-hybridized carbons (Fsp3) is 0.357. The van der Waals surface area contributed by atoms with Gasteiger partial charge >= 0.3 is 0 Å². The van der Waals surface area contributed by atoms with E-state index in [1.807, 2.05) is 4.90 Å². The molecule has 19 heavy (non-hydrogen) atoms. The van der Waals surface area contributed by atoms with Crippen LogP contribution in [0.25, 0.3) is 0 Å². The first-order valence-electron chi connectivity index (χ1n) is 6.36. The fourth-order valence-corrected chi connectivity index (χ4v) is 2.29.